The molecule has 2 saturated heterocycles. The molecule has 4 rings (SSSR count). The Morgan fingerprint density at radius 2 is 1.97 bits per heavy atom. The highest BCUT2D eigenvalue weighted by atomic mass is 16.5. The van der Waals surface area contributed by atoms with Gasteiger partial charge in [0.05, 0.1) is 25.1 Å². The number of carbonyl (C=O) groups excluding carboxylic acids is 1. The molecule has 8 heteroatoms. The molecule has 2 aliphatic heterocycles. The zero-order chi connectivity index (χ0) is 20.1. The second-order valence-corrected chi connectivity index (χ2v) is 7.77. The van der Waals surface area contributed by atoms with E-state index in [1.54, 1.807) is 10.9 Å². The third-order valence-corrected chi connectivity index (χ3v) is 5.96. The van der Waals surface area contributed by atoms with Crippen molar-refractivity contribution in [3.8, 4) is 5.69 Å². The number of carbonyl (C=O) groups is 1. The van der Waals surface area contributed by atoms with Crippen LogP contribution in [0.4, 0.5) is 0 Å². The molecule has 0 spiro atoms. The highest BCUT2D eigenvalue weighted by Gasteiger charge is 2.36. The number of aliphatic hydroxyl groups excluding tert-OH is 1. The minimum absolute atomic E-state index is 0.0680. The summed E-state index contributed by atoms with van der Waals surface area (Å²) in [6.07, 6.45) is 4.32. The fourth-order valence-corrected chi connectivity index (χ4v) is 4.46. The van der Waals surface area contributed by atoms with E-state index in [0.29, 0.717) is 30.7 Å². The lowest BCUT2D eigenvalue weighted by Gasteiger charge is -2.45. The molecule has 2 fully saturated rings. The first kappa shape index (κ1) is 20.0. The van der Waals surface area contributed by atoms with Crippen LogP contribution in [0.5, 0.6) is 0 Å². The molecule has 0 bridgehead atoms. The number of ether oxygens (including phenoxy) is 1. The van der Waals surface area contributed by atoms with Crippen molar-refractivity contribution < 1.29 is 14.6 Å². The van der Waals surface area contributed by atoms with Gasteiger partial charge in [0, 0.05) is 38.8 Å². The van der Waals surface area contributed by atoms with E-state index in [2.05, 4.69) is 15.2 Å². The fraction of sp³-hybridized carbons (Fsp3) is 0.571. The predicted octanol–water partition coefficient (Wildman–Crippen LogP) is 1.20. The Kier molecular flexibility index (Phi) is 6.53. The van der Waals surface area contributed by atoms with Gasteiger partial charge < -0.3 is 14.7 Å². The fourth-order valence-electron chi connectivity index (χ4n) is 4.46. The van der Waals surface area contributed by atoms with Gasteiger partial charge in [0.25, 0.3) is 5.91 Å². The third kappa shape index (κ3) is 4.66. The lowest BCUT2D eigenvalue weighted by Crippen LogP contribution is -2.55. The van der Waals surface area contributed by atoms with E-state index in [9.17, 15) is 9.90 Å². The summed E-state index contributed by atoms with van der Waals surface area (Å²) in [6, 6.07) is 10.1. The van der Waals surface area contributed by atoms with E-state index < -0.39 is 0 Å². The zero-order valence-corrected chi connectivity index (χ0v) is 16.7. The van der Waals surface area contributed by atoms with E-state index in [0.717, 1.165) is 51.3 Å². The van der Waals surface area contributed by atoms with E-state index in [-0.39, 0.29) is 12.5 Å². The van der Waals surface area contributed by atoms with Gasteiger partial charge >= 0.3 is 0 Å². The molecule has 1 amide bonds. The summed E-state index contributed by atoms with van der Waals surface area (Å²) in [7, 11) is 0. The van der Waals surface area contributed by atoms with Crippen LogP contribution >= 0.6 is 0 Å². The molecule has 29 heavy (non-hydrogen) atoms. The normalized spacial score (nSPS) is 23.3. The monoisotopic (exact) mass is 399 g/mol. The molecule has 1 N–H and O–H groups in total. The number of hydrogen-bond donors (Lipinski definition) is 1. The van der Waals surface area contributed by atoms with Crippen molar-refractivity contribution in [3.63, 3.8) is 0 Å². The van der Waals surface area contributed by atoms with Crippen molar-refractivity contribution in [3.05, 3.63) is 42.2 Å². The molecule has 2 aromatic rings. The summed E-state index contributed by atoms with van der Waals surface area (Å²) < 4.78 is 7.14. The highest BCUT2D eigenvalue weighted by Crippen LogP contribution is 2.27. The minimum atomic E-state index is -0.0680. The Morgan fingerprint density at radius 3 is 2.72 bits per heavy atom. The molecule has 1 aromatic heterocycles. The van der Waals surface area contributed by atoms with Crippen molar-refractivity contribution in [2.45, 2.75) is 25.3 Å². The molecule has 0 radical (unpaired) electrons. The average molecular weight is 399 g/mol. The third-order valence-electron chi connectivity index (χ3n) is 5.96. The van der Waals surface area contributed by atoms with Gasteiger partial charge in [-0.25, -0.2) is 4.68 Å². The van der Waals surface area contributed by atoms with Crippen LogP contribution < -0.4 is 0 Å². The van der Waals surface area contributed by atoms with Crippen LogP contribution in [0, 0.1) is 5.92 Å². The van der Waals surface area contributed by atoms with Crippen molar-refractivity contribution in [1.82, 2.24) is 24.8 Å². The van der Waals surface area contributed by atoms with Gasteiger partial charge in [0.2, 0.25) is 0 Å². The number of benzene rings is 1. The second-order valence-electron chi connectivity index (χ2n) is 7.77. The van der Waals surface area contributed by atoms with Gasteiger partial charge in [0.1, 0.15) is 0 Å². The molecule has 156 valence electrons. The number of likely N-dealkylation sites (tertiary alicyclic amines) is 1. The molecule has 2 atom stereocenters. The molecule has 0 unspecified atom stereocenters. The topological polar surface area (TPSA) is 83.7 Å². The van der Waals surface area contributed by atoms with Crippen LogP contribution in [0.3, 0.4) is 0 Å². The standard InChI is InChI=1S/C21H29N5O3/c27-12-4-5-17-15-25(9-8-20(17)24-10-13-29-14-11-24)21(28)19-16-26(23-22-19)18-6-2-1-3-7-18/h1-3,6-7,16-17,20,27H,4-5,8-15H2/t17-,20+/m1/s1. The lowest BCUT2D eigenvalue weighted by molar-refractivity contribution is -0.0197. The maximum absolute atomic E-state index is 13.1. The van der Waals surface area contributed by atoms with E-state index >= 15 is 0 Å². The summed E-state index contributed by atoms with van der Waals surface area (Å²) in [5.74, 6) is 0.281. The number of piperidine rings is 1. The number of para-hydroxylation sites is 1. The average Bonchev–Trinajstić information content (AvgIpc) is 3.28. The molecule has 3 heterocycles. The number of nitrogens with zero attached hydrogens (tertiary/aromatic N) is 5. The number of amides is 1. The van der Waals surface area contributed by atoms with Gasteiger partial charge in [0.15, 0.2) is 5.69 Å². The molecule has 0 saturated carbocycles. The van der Waals surface area contributed by atoms with Crippen molar-refractivity contribution >= 4 is 5.91 Å². The maximum Gasteiger partial charge on any atom is 0.276 e. The van der Waals surface area contributed by atoms with Crippen LogP contribution in [0.25, 0.3) is 5.69 Å². The SMILES string of the molecule is O=C(c1cn(-c2ccccc2)nn1)N1CC[C@H](N2CCOCC2)[C@H](CCCO)C1. The van der Waals surface area contributed by atoms with E-state index in [1.165, 1.54) is 0 Å². The van der Waals surface area contributed by atoms with Gasteiger partial charge in [-0.05, 0) is 37.3 Å². The summed E-state index contributed by atoms with van der Waals surface area (Å²) in [5.41, 5.74) is 1.26. The summed E-state index contributed by atoms with van der Waals surface area (Å²) in [6.45, 7) is 5.03. The van der Waals surface area contributed by atoms with Crippen LogP contribution in [0.1, 0.15) is 29.8 Å². The smallest absolute Gasteiger partial charge is 0.276 e. The van der Waals surface area contributed by atoms with Crippen LogP contribution in [0.2, 0.25) is 0 Å². The summed E-state index contributed by atoms with van der Waals surface area (Å²) in [4.78, 5) is 17.5. The first-order chi connectivity index (χ1) is 14.3. The summed E-state index contributed by atoms with van der Waals surface area (Å²) >= 11 is 0. The zero-order valence-electron chi connectivity index (χ0n) is 16.7. The van der Waals surface area contributed by atoms with Crippen LogP contribution in [-0.4, -0.2) is 87.8 Å². The predicted molar refractivity (Wildman–Crippen MR) is 108 cm³/mol. The van der Waals surface area contributed by atoms with E-state index in [1.807, 2.05) is 35.2 Å². The molecule has 1 aromatic carbocycles. The highest BCUT2D eigenvalue weighted by molar-refractivity contribution is 5.92. The first-order valence-electron chi connectivity index (χ1n) is 10.5. The Hall–Kier alpha value is -2.29. The van der Waals surface area contributed by atoms with Crippen molar-refractivity contribution in [1.29, 1.82) is 0 Å². The van der Waals surface area contributed by atoms with Crippen molar-refractivity contribution in [2.24, 2.45) is 5.92 Å². The van der Waals surface area contributed by atoms with Gasteiger partial charge in [-0.1, -0.05) is 23.4 Å². The first-order valence-corrected chi connectivity index (χ1v) is 10.5. The number of aromatic nitrogens is 3. The number of hydrogen-bond acceptors (Lipinski definition) is 6. The second kappa shape index (κ2) is 9.47. The van der Waals surface area contributed by atoms with Gasteiger partial charge in [-0.3, -0.25) is 9.69 Å². The molecule has 2 aliphatic rings. The van der Waals surface area contributed by atoms with Gasteiger partial charge in [-0.2, -0.15) is 0 Å². The lowest BCUT2D eigenvalue weighted by atomic mass is 9.86. The Balaban J connectivity index is 1.44. The Bertz CT molecular complexity index is 791. The minimum Gasteiger partial charge on any atom is -0.396 e. The van der Waals surface area contributed by atoms with E-state index in [4.69, 9.17) is 4.74 Å². The Labute approximate surface area is 171 Å². The largest absolute Gasteiger partial charge is 0.396 e. The quantitative estimate of drug-likeness (QED) is 0.786. The summed E-state index contributed by atoms with van der Waals surface area (Å²) in [5, 5.41) is 17.6. The Morgan fingerprint density at radius 1 is 1.17 bits per heavy atom. The number of aliphatic hydroxyl groups is 1. The number of morpholine rings is 1. The van der Waals surface area contributed by atoms with Crippen LogP contribution in [0.15, 0.2) is 36.5 Å². The maximum atomic E-state index is 13.1. The molecular formula is C21H29N5O3. The van der Waals surface area contributed by atoms with Crippen LogP contribution in [-0.2, 0) is 4.74 Å². The molecule has 0 aliphatic carbocycles. The van der Waals surface area contributed by atoms with Gasteiger partial charge in [-0.15, -0.1) is 5.10 Å². The molecule has 8 nitrogen and oxygen atoms in total. The van der Waals surface area contributed by atoms with Crippen molar-refractivity contribution in [2.75, 3.05) is 46.0 Å². The molecular weight excluding hydrogens is 370 g/mol. The number of rotatable bonds is 6.